The summed E-state index contributed by atoms with van der Waals surface area (Å²) in [5.41, 5.74) is 7.67. The third-order valence-corrected chi connectivity index (χ3v) is 2.47. The smallest absolute Gasteiger partial charge is 0.123 e. The number of nitrogens with two attached hydrogens (primary N) is 1. The summed E-state index contributed by atoms with van der Waals surface area (Å²) in [6, 6.07) is 6.49. The van der Waals surface area contributed by atoms with E-state index in [1.165, 1.54) is 12.1 Å². The van der Waals surface area contributed by atoms with E-state index in [1.54, 1.807) is 18.5 Å². The zero-order valence-corrected chi connectivity index (χ0v) is 8.94. The Morgan fingerprint density at radius 2 is 2.00 bits per heavy atom. The summed E-state index contributed by atoms with van der Waals surface area (Å²) in [7, 11) is 0. The van der Waals surface area contributed by atoms with Crippen LogP contribution in [0.15, 0.2) is 36.8 Å². The average Bonchev–Trinajstić information content (AvgIpc) is 2.70. The van der Waals surface area contributed by atoms with E-state index < -0.39 is 0 Å². The van der Waals surface area contributed by atoms with E-state index in [1.807, 2.05) is 10.8 Å². The Hall–Kier alpha value is -1.68. The number of hydrogen-bond acceptors (Lipinski definition) is 2. The van der Waals surface area contributed by atoms with Gasteiger partial charge in [0.15, 0.2) is 0 Å². The van der Waals surface area contributed by atoms with Crippen molar-refractivity contribution in [3.05, 3.63) is 53.9 Å². The molecule has 1 heterocycles. The summed E-state index contributed by atoms with van der Waals surface area (Å²) in [6.07, 6.45) is 4.39. The number of benzene rings is 1. The van der Waals surface area contributed by atoms with E-state index in [-0.39, 0.29) is 5.82 Å². The molecule has 4 heteroatoms. The molecule has 0 aliphatic carbocycles. The molecule has 0 bridgehead atoms. The summed E-state index contributed by atoms with van der Waals surface area (Å²) in [6.45, 7) is 1.31. The third-order valence-electron chi connectivity index (χ3n) is 2.47. The summed E-state index contributed by atoms with van der Waals surface area (Å²) in [5, 5.41) is 0. The fourth-order valence-corrected chi connectivity index (χ4v) is 1.63. The van der Waals surface area contributed by atoms with Crippen molar-refractivity contribution >= 4 is 0 Å². The first kappa shape index (κ1) is 10.8. The molecule has 0 aliphatic rings. The van der Waals surface area contributed by atoms with Crippen molar-refractivity contribution in [2.24, 2.45) is 5.73 Å². The minimum Gasteiger partial charge on any atom is -0.330 e. The maximum Gasteiger partial charge on any atom is 0.123 e. The van der Waals surface area contributed by atoms with Crippen LogP contribution < -0.4 is 5.73 Å². The molecule has 2 aromatic rings. The van der Waals surface area contributed by atoms with Crippen molar-refractivity contribution in [3.8, 4) is 0 Å². The van der Waals surface area contributed by atoms with Crippen LogP contribution in [-0.4, -0.2) is 16.1 Å². The molecular formula is C12H14FN3. The summed E-state index contributed by atoms with van der Waals surface area (Å²) < 4.78 is 14.8. The predicted molar refractivity (Wildman–Crippen MR) is 60.5 cm³/mol. The summed E-state index contributed by atoms with van der Waals surface area (Å²) in [4.78, 5) is 4.09. The number of hydrogen-bond donors (Lipinski definition) is 1. The molecule has 1 aromatic heterocycles. The Morgan fingerprint density at radius 3 is 2.69 bits per heavy atom. The Labute approximate surface area is 93.7 Å². The minimum atomic E-state index is -0.212. The van der Waals surface area contributed by atoms with E-state index in [9.17, 15) is 4.39 Å². The Morgan fingerprint density at radius 1 is 1.25 bits per heavy atom. The van der Waals surface area contributed by atoms with Crippen LogP contribution in [0, 0.1) is 5.82 Å². The first-order chi connectivity index (χ1) is 7.79. The summed E-state index contributed by atoms with van der Waals surface area (Å²) >= 11 is 0. The second kappa shape index (κ2) is 4.90. The monoisotopic (exact) mass is 219 g/mol. The average molecular weight is 219 g/mol. The Bertz CT molecular complexity index is 448. The molecule has 0 amide bonds. The lowest BCUT2D eigenvalue weighted by molar-refractivity contribution is 0.626. The topological polar surface area (TPSA) is 43.8 Å². The second-order valence-corrected chi connectivity index (χ2v) is 3.68. The van der Waals surface area contributed by atoms with Gasteiger partial charge in [-0.3, -0.25) is 0 Å². The van der Waals surface area contributed by atoms with Gasteiger partial charge in [-0.25, -0.2) is 9.37 Å². The molecule has 16 heavy (non-hydrogen) atoms. The van der Waals surface area contributed by atoms with Crippen molar-refractivity contribution in [1.29, 1.82) is 0 Å². The van der Waals surface area contributed by atoms with E-state index in [2.05, 4.69) is 4.98 Å². The van der Waals surface area contributed by atoms with Gasteiger partial charge in [0.05, 0.1) is 6.33 Å². The maximum atomic E-state index is 12.7. The fourth-order valence-electron chi connectivity index (χ4n) is 1.63. The fraction of sp³-hybridized carbons (Fsp3) is 0.250. The molecule has 0 saturated heterocycles. The van der Waals surface area contributed by atoms with Crippen molar-refractivity contribution in [1.82, 2.24) is 9.55 Å². The first-order valence-electron chi connectivity index (χ1n) is 5.23. The molecule has 2 N–H and O–H groups in total. The van der Waals surface area contributed by atoms with E-state index in [0.29, 0.717) is 13.1 Å². The van der Waals surface area contributed by atoms with Gasteiger partial charge in [-0.1, -0.05) is 12.1 Å². The number of rotatable bonds is 4. The highest BCUT2D eigenvalue weighted by molar-refractivity contribution is 5.17. The van der Waals surface area contributed by atoms with Gasteiger partial charge in [0.1, 0.15) is 5.82 Å². The van der Waals surface area contributed by atoms with Crippen LogP contribution in [0.2, 0.25) is 0 Å². The molecule has 84 valence electrons. The van der Waals surface area contributed by atoms with Crippen LogP contribution >= 0.6 is 0 Å². The first-order valence-corrected chi connectivity index (χ1v) is 5.23. The molecule has 0 unspecified atom stereocenters. The van der Waals surface area contributed by atoms with E-state index >= 15 is 0 Å². The molecule has 0 atom stereocenters. The lowest BCUT2D eigenvalue weighted by Crippen LogP contribution is -2.09. The quantitative estimate of drug-likeness (QED) is 0.848. The highest BCUT2D eigenvalue weighted by Crippen LogP contribution is 2.07. The van der Waals surface area contributed by atoms with Crippen LogP contribution in [0.4, 0.5) is 4.39 Å². The normalized spacial score (nSPS) is 10.6. The molecule has 3 nitrogen and oxygen atoms in total. The second-order valence-electron chi connectivity index (χ2n) is 3.68. The molecule has 2 rings (SSSR count). The van der Waals surface area contributed by atoms with Crippen molar-refractivity contribution in [2.75, 3.05) is 6.54 Å². The molecule has 0 aliphatic heterocycles. The van der Waals surface area contributed by atoms with Crippen LogP contribution in [-0.2, 0) is 13.0 Å². The highest BCUT2D eigenvalue weighted by Gasteiger charge is 2.02. The molecule has 1 aromatic carbocycles. The Kier molecular flexibility index (Phi) is 3.31. The zero-order chi connectivity index (χ0) is 11.4. The van der Waals surface area contributed by atoms with Gasteiger partial charge in [-0.05, 0) is 24.2 Å². The lowest BCUT2D eigenvalue weighted by atomic mass is 10.2. The highest BCUT2D eigenvalue weighted by atomic mass is 19.1. The van der Waals surface area contributed by atoms with Crippen molar-refractivity contribution in [3.63, 3.8) is 0 Å². The van der Waals surface area contributed by atoms with Gasteiger partial charge < -0.3 is 10.3 Å². The SMILES string of the molecule is NCCc1cncn1Cc1ccc(F)cc1. The maximum absolute atomic E-state index is 12.7. The van der Waals surface area contributed by atoms with Gasteiger partial charge in [0.25, 0.3) is 0 Å². The minimum absolute atomic E-state index is 0.212. The molecule has 0 fully saturated rings. The number of aromatic nitrogens is 2. The number of halogens is 1. The predicted octanol–water partition coefficient (Wildman–Crippen LogP) is 1.57. The van der Waals surface area contributed by atoms with Crippen molar-refractivity contribution < 1.29 is 4.39 Å². The van der Waals surface area contributed by atoms with Gasteiger partial charge >= 0.3 is 0 Å². The van der Waals surface area contributed by atoms with E-state index in [4.69, 9.17) is 5.73 Å². The van der Waals surface area contributed by atoms with Crippen LogP contribution in [0.5, 0.6) is 0 Å². The molecule has 0 radical (unpaired) electrons. The van der Waals surface area contributed by atoms with Gasteiger partial charge in [-0.2, -0.15) is 0 Å². The molecule has 0 saturated carbocycles. The number of imidazole rings is 1. The van der Waals surface area contributed by atoms with Gasteiger partial charge in [-0.15, -0.1) is 0 Å². The van der Waals surface area contributed by atoms with Crippen LogP contribution in [0.25, 0.3) is 0 Å². The third kappa shape index (κ3) is 2.46. The number of nitrogens with zero attached hydrogens (tertiary/aromatic N) is 2. The molecule has 0 spiro atoms. The largest absolute Gasteiger partial charge is 0.330 e. The van der Waals surface area contributed by atoms with E-state index in [0.717, 1.165) is 17.7 Å². The summed E-state index contributed by atoms with van der Waals surface area (Å²) in [5.74, 6) is -0.212. The van der Waals surface area contributed by atoms with Crippen LogP contribution in [0.1, 0.15) is 11.3 Å². The van der Waals surface area contributed by atoms with Gasteiger partial charge in [0.2, 0.25) is 0 Å². The van der Waals surface area contributed by atoms with Gasteiger partial charge in [0, 0.05) is 24.9 Å². The van der Waals surface area contributed by atoms with Crippen LogP contribution in [0.3, 0.4) is 0 Å². The zero-order valence-electron chi connectivity index (χ0n) is 8.94. The molecular weight excluding hydrogens is 205 g/mol. The Balaban J connectivity index is 2.13. The lowest BCUT2D eigenvalue weighted by Gasteiger charge is -2.07. The standard InChI is InChI=1S/C12H14FN3/c13-11-3-1-10(2-4-11)8-16-9-15-7-12(16)5-6-14/h1-4,7,9H,5-6,8,14H2. The van der Waals surface area contributed by atoms with Crippen molar-refractivity contribution in [2.45, 2.75) is 13.0 Å².